The minimum atomic E-state index is 0.0549. The van der Waals surface area contributed by atoms with Crippen LogP contribution in [0, 0.1) is 0 Å². The minimum Gasteiger partial charge on any atom is -0.456 e. The van der Waals surface area contributed by atoms with E-state index >= 15 is 0 Å². The summed E-state index contributed by atoms with van der Waals surface area (Å²) in [5, 5.41) is 6.32. The molecule has 2 unspecified atom stereocenters. The molecule has 280 valence electrons. The third-order valence-corrected chi connectivity index (χ3v) is 13.5. The standard InChI is InChI=1S/C55H38N2OS/c1-35-45(32-33-51-54(35)43-19-5-10-25-50(43)58-51)56(49-24-13-27-53-55(49)44-20-6-11-26-52(44)59-53)39-30-28-36(29-31-39)37-14-12-15-38(34-37)40-16-2-7-21-46(40)57-47-22-8-3-17-41(47)42-18-4-9-23-48(42)57/h2-35,45H,1H3. The van der Waals surface area contributed by atoms with Gasteiger partial charge in [-0.15, -0.1) is 11.3 Å². The Labute approximate surface area is 346 Å². The molecule has 1 aliphatic carbocycles. The molecule has 0 spiro atoms. The number of furan rings is 1. The minimum absolute atomic E-state index is 0.0549. The van der Waals surface area contributed by atoms with Crippen molar-refractivity contribution < 1.29 is 4.42 Å². The Bertz CT molecular complexity index is 3380. The second kappa shape index (κ2) is 13.5. The largest absolute Gasteiger partial charge is 0.456 e. The Hall–Kier alpha value is -7.14. The van der Waals surface area contributed by atoms with Gasteiger partial charge in [0.1, 0.15) is 11.3 Å². The van der Waals surface area contributed by atoms with E-state index in [0.29, 0.717) is 0 Å². The molecule has 59 heavy (non-hydrogen) atoms. The number of thiophene rings is 1. The third kappa shape index (κ3) is 5.34. The van der Waals surface area contributed by atoms with Gasteiger partial charge in [0, 0.05) is 59.1 Å². The van der Waals surface area contributed by atoms with Crippen LogP contribution in [0.2, 0.25) is 0 Å². The quantitative estimate of drug-likeness (QED) is 0.168. The van der Waals surface area contributed by atoms with Gasteiger partial charge in [0.25, 0.3) is 0 Å². The van der Waals surface area contributed by atoms with Crippen molar-refractivity contribution in [3.05, 3.63) is 205 Å². The van der Waals surface area contributed by atoms with E-state index in [1.807, 2.05) is 11.3 Å². The van der Waals surface area contributed by atoms with Crippen molar-refractivity contribution in [2.75, 3.05) is 4.90 Å². The van der Waals surface area contributed by atoms with Crippen molar-refractivity contribution in [3.63, 3.8) is 0 Å². The summed E-state index contributed by atoms with van der Waals surface area (Å²) in [6.45, 7) is 2.35. The number of rotatable bonds is 6. The van der Waals surface area contributed by atoms with Gasteiger partial charge in [-0.1, -0.05) is 140 Å². The molecule has 0 radical (unpaired) electrons. The number of aromatic nitrogens is 1. The Balaban J connectivity index is 0.971. The Morgan fingerprint density at radius 1 is 0.542 bits per heavy atom. The van der Waals surface area contributed by atoms with Crippen molar-refractivity contribution in [2.24, 2.45) is 0 Å². The lowest BCUT2D eigenvalue weighted by molar-refractivity contribution is 0.568. The van der Waals surface area contributed by atoms with Crippen molar-refractivity contribution in [1.82, 2.24) is 4.57 Å². The van der Waals surface area contributed by atoms with Crippen LogP contribution in [-0.4, -0.2) is 10.6 Å². The molecular weight excluding hydrogens is 737 g/mol. The van der Waals surface area contributed by atoms with Crippen LogP contribution in [0.15, 0.2) is 199 Å². The topological polar surface area (TPSA) is 21.3 Å². The number of fused-ring (bicyclic) bond motifs is 9. The highest BCUT2D eigenvalue weighted by Crippen LogP contribution is 2.47. The van der Waals surface area contributed by atoms with E-state index in [1.54, 1.807) is 0 Å². The summed E-state index contributed by atoms with van der Waals surface area (Å²) < 4.78 is 11.4. The number of anilines is 2. The van der Waals surface area contributed by atoms with Gasteiger partial charge in [0.2, 0.25) is 0 Å². The van der Waals surface area contributed by atoms with Crippen molar-refractivity contribution >= 4 is 81.7 Å². The van der Waals surface area contributed by atoms with E-state index in [1.165, 1.54) is 86.6 Å². The first-order valence-corrected chi connectivity index (χ1v) is 21.2. The highest BCUT2D eigenvalue weighted by molar-refractivity contribution is 7.26. The first-order valence-electron chi connectivity index (χ1n) is 20.4. The maximum Gasteiger partial charge on any atom is 0.135 e. The summed E-state index contributed by atoms with van der Waals surface area (Å²) in [6, 6.07) is 68.6. The van der Waals surface area contributed by atoms with Crippen LogP contribution in [0.3, 0.4) is 0 Å². The van der Waals surface area contributed by atoms with Crippen LogP contribution in [0.5, 0.6) is 0 Å². The molecule has 8 aromatic carbocycles. The molecule has 4 heteroatoms. The molecular formula is C55H38N2OS. The maximum atomic E-state index is 6.38. The fraction of sp³-hybridized carbons (Fsp3) is 0.0545. The molecule has 2 atom stereocenters. The van der Waals surface area contributed by atoms with E-state index in [-0.39, 0.29) is 12.0 Å². The molecule has 0 amide bonds. The van der Waals surface area contributed by atoms with E-state index in [0.717, 1.165) is 17.0 Å². The lowest BCUT2D eigenvalue weighted by Gasteiger charge is -2.38. The first-order chi connectivity index (χ1) is 29.2. The van der Waals surface area contributed by atoms with E-state index in [9.17, 15) is 0 Å². The highest BCUT2D eigenvalue weighted by atomic mass is 32.1. The second-order valence-corrected chi connectivity index (χ2v) is 16.7. The summed E-state index contributed by atoms with van der Waals surface area (Å²) in [7, 11) is 0. The van der Waals surface area contributed by atoms with Gasteiger partial charge in [-0.05, 0) is 83.4 Å². The molecule has 11 aromatic rings. The average Bonchev–Trinajstić information content (AvgIpc) is 3.98. The van der Waals surface area contributed by atoms with Gasteiger partial charge < -0.3 is 13.9 Å². The summed E-state index contributed by atoms with van der Waals surface area (Å²) >= 11 is 1.87. The summed E-state index contributed by atoms with van der Waals surface area (Å²) in [5.74, 6) is 1.13. The molecule has 0 fully saturated rings. The summed E-state index contributed by atoms with van der Waals surface area (Å²) in [5.41, 5.74) is 12.9. The first kappa shape index (κ1) is 33.9. The van der Waals surface area contributed by atoms with Gasteiger partial charge in [0.05, 0.1) is 28.5 Å². The van der Waals surface area contributed by atoms with Crippen LogP contribution in [-0.2, 0) is 0 Å². The van der Waals surface area contributed by atoms with Gasteiger partial charge in [0.15, 0.2) is 0 Å². The lowest BCUT2D eigenvalue weighted by Crippen LogP contribution is -2.35. The Kier molecular flexibility index (Phi) is 7.75. The van der Waals surface area contributed by atoms with Crippen LogP contribution >= 0.6 is 11.3 Å². The molecule has 0 bridgehead atoms. The average molecular weight is 775 g/mol. The molecule has 3 aromatic heterocycles. The molecule has 3 heterocycles. The van der Waals surface area contributed by atoms with Crippen LogP contribution in [0.1, 0.15) is 24.2 Å². The summed E-state index contributed by atoms with van der Waals surface area (Å²) in [4.78, 5) is 2.57. The predicted octanol–water partition coefficient (Wildman–Crippen LogP) is 15.6. The molecule has 0 saturated carbocycles. The zero-order valence-electron chi connectivity index (χ0n) is 32.4. The lowest BCUT2D eigenvalue weighted by atomic mass is 9.85. The van der Waals surface area contributed by atoms with Crippen LogP contribution in [0.25, 0.3) is 87.0 Å². The van der Waals surface area contributed by atoms with Gasteiger partial charge >= 0.3 is 0 Å². The SMILES string of the molecule is CC1c2c(oc3ccccc23)C=CC1N(c1ccc(-c2cccc(-c3ccccc3-n3c4ccccc4c4ccccc43)c2)cc1)c1cccc2sc3ccccc3c12. The highest BCUT2D eigenvalue weighted by Gasteiger charge is 2.33. The smallest absolute Gasteiger partial charge is 0.135 e. The second-order valence-electron chi connectivity index (χ2n) is 15.6. The van der Waals surface area contributed by atoms with Gasteiger partial charge in [-0.2, -0.15) is 0 Å². The molecule has 3 nitrogen and oxygen atoms in total. The van der Waals surface area contributed by atoms with E-state index < -0.39 is 0 Å². The molecule has 0 saturated heterocycles. The number of benzene rings is 8. The fourth-order valence-electron chi connectivity index (χ4n) is 9.71. The fourth-order valence-corrected chi connectivity index (χ4v) is 10.8. The number of hydrogen-bond acceptors (Lipinski definition) is 3. The summed E-state index contributed by atoms with van der Waals surface area (Å²) in [6.07, 6.45) is 4.53. The predicted molar refractivity (Wildman–Crippen MR) is 251 cm³/mol. The van der Waals surface area contributed by atoms with Crippen molar-refractivity contribution in [1.29, 1.82) is 0 Å². The van der Waals surface area contributed by atoms with Crippen molar-refractivity contribution in [2.45, 2.75) is 18.9 Å². The number of hydrogen-bond donors (Lipinski definition) is 0. The third-order valence-electron chi connectivity index (χ3n) is 12.4. The Morgan fingerprint density at radius 3 is 2.00 bits per heavy atom. The van der Waals surface area contributed by atoms with Gasteiger partial charge in [-0.3, -0.25) is 0 Å². The monoisotopic (exact) mass is 774 g/mol. The van der Waals surface area contributed by atoms with Crippen LogP contribution in [0.4, 0.5) is 11.4 Å². The zero-order chi connectivity index (χ0) is 39.0. The number of nitrogens with zero attached hydrogens (tertiary/aromatic N) is 2. The molecule has 1 aliphatic rings. The zero-order valence-corrected chi connectivity index (χ0v) is 33.2. The van der Waals surface area contributed by atoms with E-state index in [2.05, 4.69) is 217 Å². The van der Waals surface area contributed by atoms with E-state index in [4.69, 9.17) is 4.42 Å². The number of para-hydroxylation sites is 4. The molecule has 0 N–H and O–H groups in total. The Morgan fingerprint density at radius 2 is 1.19 bits per heavy atom. The molecule has 12 rings (SSSR count). The maximum absolute atomic E-state index is 6.38. The van der Waals surface area contributed by atoms with Gasteiger partial charge in [-0.25, -0.2) is 0 Å². The van der Waals surface area contributed by atoms with Crippen LogP contribution < -0.4 is 4.90 Å². The molecule has 0 aliphatic heterocycles. The normalized spacial score (nSPS) is 15.1. The van der Waals surface area contributed by atoms with Crippen molar-refractivity contribution in [3.8, 4) is 27.9 Å².